The van der Waals surface area contributed by atoms with E-state index in [1.54, 1.807) is 46.9 Å². The fourth-order valence-electron chi connectivity index (χ4n) is 6.31. The number of hydrogen-bond acceptors (Lipinski definition) is 11. The second-order valence-electron chi connectivity index (χ2n) is 13.4. The molecule has 2 aliphatic heterocycles. The number of anilines is 2. The van der Waals surface area contributed by atoms with Crippen molar-refractivity contribution in [3.8, 4) is 5.88 Å². The Morgan fingerprint density at radius 1 is 0.827 bits per heavy atom. The Morgan fingerprint density at radius 2 is 1.44 bits per heavy atom. The van der Waals surface area contributed by atoms with Crippen molar-refractivity contribution in [2.75, 3.05) is 43.6 Å². The summed E-state index contributed by atoms with van der Waals surface area (Å²) in [6.07, 6.45) is 10.3. The van der Waals surface area contributed by atoms with Gasteiger partial charge in [-0.3, -0.25) is 0 Å². The minimum Gasteiger partial charge on any atom is -0.478 e. The first kappa shape index (κ1) is 39.7. The third kappa shape index (κ3) is 9.03. The van der Waals surface area contributed by atoms with Crippen LogP contribution in [-0.4, -0.2) is 75.0 Å². The van der Waals surface area contributed by atoms with E-state index in [9.17, 15) is 19.8 Å². The smallest absolute Gasteiger partial charge is 0.338 e. The molecule has 52 heavy (non-hydrogen) atoms. The number of imidazole rings is 2. The van der Waals surface area contributed by atoms with Crippen LogP contribution in [-0.2, 0) is 42.4 Å². The molecule has 16 heteroatoms. The van der Waals surface area contributed by atoms with Crippen LogP contribution in [0.25, 0.3) is 0 Å². The van der Waals surface area contributed by atoms with Crippen molar-refractivity contribution >= 4 is 46.6 Å². The summed E-state index contributed by atoms with van der Waals surface area (Å²) in [4.78, 5) is 36.0. The minimum absolute atomic E-state index is 0. The van der Waals surface area contributed by atoms with Gasteiger partial charge in [0.05, 0.1) is 23.9 Å². The molecule has 0 spiro atoms. The molecule has 0 saturated carbocycles. The molecule has 2 N–H and O–H groups in total. The molecule has 0 amide bonds. The van der Waals surface area contributed by atoms with E-state index in [1.807, 2.05) is 40.2 Å². The quantitative estimate of drug-likeness (QED) is 0.135. The Balaban J connectivity index is 0.000000232. The van der Waals surface area contributed by atoms with Crippen molar-refractivity contribution in [1.29, 1.82) is 0 Å². The molecule has 2 aromatic carbocycles. The van der Waals surface area contributed by atoms with Gasteiger partial charge in [-0.15, -0.1) is 20.5 Å². The second-order valence-corrected chi connectivity index (χ2v) is 13.4. The van der Waals surface area contributed by atoms with Gasteiger partial charge in [0.25, 0.3) is 5.95 Å². The summed E-state index contributed by atoms with van der Waals surface area (Å²) in [5.74, 6) is -0.775. The molecule has 4 heterocycles. The third-order valence-electron chi connectivity index (χ3n) is 9.22. The standard InChI is InChI=1S/C20H27N5O3.C16H19N5O2.Ni/c1-6-28-17-12-25(5)19(21-17)23-22-15-11-14-16(10-13(15)18(26)27)24(4)9-7-8-20(14,2)3;1-20-7-4-3-5-11-9-13(12(15(22)23)10-14(11)20)18-19-16-17-6-8-21(16)2;/h10-12H,6-9H2,1-5H3,(H,26,27);6,8-10H,3-5,7H2,1-2H3,(H,22,23);. The fraction of sp³-hybridized carbons (Fsp3) is 0.444. The molecule has 280 valence electrons. The Morgan fingerprint density at radius 3 is 2.08 bits per heavy atom. The Kier molecular flexibility index (Phi) is 12.9. The van der Waals surface area contributed by atoms with Crippen LogP contribution in [0.5, 0.6) is 5.88 Å². The molecule has 0 atom stereocenters. The maximum atomic E-state index is 11.9. The molecular formula is C36H46N10NiO5. The summed E-state index contributed by atoms with van der Waals surface area (Å²) in [5.41, 5.74) is 5.02. The van der Waals surface area contributed by atoms with Crippen molar-refractivity contribution in [3.63, 3.8) is 0 Å². The van der Waals surface area contributed by atoms with Gasteiger partial charge in [-0.25, -0.2) is 14.6 Å². The van der Waals surface area contributed by atoms with Crippen molar-refractivity contribution in [3.05, 3.63) is 65.1 Å². The van der Waals surface area contributed by atoms with E-state index in [0.717, 1.165) is 67.7 Å². The van der Waals surface area contributed by atoms with E-state index in [4.69, 9.17) is 4.74 Å². The number of rotatable bonds is 8. The van der Waals surface area contributed by atoms with Crippen LogP contribution in [0.2, 0.25) is 0 Å². The van der Waals surface area contributed by atoms with E-state index in [1.165, 1.54) is 0 Å². The Hall–Kier alpha value is -5.11. The molecule has 6 rings (SSSR count). The second kappa shape index (κ2) is 16.9. The summed E-state index contributed by atoms with van der Waals surface area (Å²) in [5, 5.41) is 35.8. The van der Waals surface area contributed by atoms with Crippen molar-refractivity contribution in [2.24, 2.45) is 34.6 Å². The molecule has 0 radical (unpaired) electrons. The van der Waals surface area contributed by atoms with Crippen molar-refractivity contribution < 1.29 is 41.0 Å². The first-order valence-corrected chi connectivity index (χ1v) is 17.0. The van der Waals surface area contributed by atoms with Gasteiger partial charge in [0.15, 0.2) is 0 Å². The monoisotopic (exact) mass is 756 g/mol. The molecule has 0 aliphatic carbocycles. The van der Waals surface area contributed by atoms with E-state index in [-0.39, 0.29) is 33.0 Å². The number of carbonyl (C=O) groups is 2. The van der Waals surface area contributed by atoms with Gasteiger partial charge in [0, 0.05) is 81.5 Å². The number of aromatic carboxylic acids is 2. The van der Waals surface area contributed by atoms with E-state index in [2.05, 4.69) is 54.1 Å². The average Bonchev–Trinajstić information content (AvgIpc) is 3.57. The molecule has 15 nitrogen and oxygen atoms in total. The fourth-order valence-corrected chi connectivity index (χ4v) is 6.31. The largest absolute Gasteiger partial charge is 0.478 e. The van der Waals surface area contributed by atoms with Crippen LogP contribution in [0.15, 0.2) is 63.3 Å². The summed E-state index contributed by atoms with van der Waals surface area (Å²) >= 11 is 0. The van der Waals surface area contributed by atoms with Gasteiger partial charge in [-0.2, -0.15) is 4.98 Å². The topological polar surface area (TPSA) is 175 Å². The predicted molar refractivity (Wildman–Crippen MR) is 194 cm³/mol. The van der Waals surface area contributed by atoms with E-state index >= 15 is 0 Å². The number of aryl methyl sites for hydroxylation is 3. The molecular weight excluding hydrogens is 711 g/mol. The van der Waals surface area contributed by atoms with Crippen LogP contribution in [0.3, 0.4) is 0 Å². The number of azo groups is 2. The number of aromatic nitrogens is 4. The molecule has 0 bridgehead atoms. The summed E-state index contributed by atoms with van der Waals surface area (Å²) in [7, 11) is 7.59. The molecule has 2 aliphatic rings. The maximum absolute atomic E-state index is 11.9. The number of carboxylic acid groups (broad SMARTS) is 2. The van der Waals surface area contributed by atoms with Crippen LogP contribution in [0, 0.1) is 0 Å². The van der Waals surface area contributed by atoms with E-state index < -0.39 is 11.9 Å². The number of benzene rings is 2. The SMILES string of the molecule is CCOc1cn(C)c(N=Nc2cc3c(cc2C(=O)O)N(C)CCCC3(C)C)n1.CN1CCCCc2cc(N=Nc3nccn3C)c(C(=O)O)cc21.[Ni]. The minimum atomic E-state index is -1.03. The van der Waals surface area contributed by atoms with Crippen LogP contribution in [0.4, 0.5) is 34.6 Å². The predicted octanol–water partition coefficient (Wildman–Crippen LogP) is 7.74. The normalized spacial score (nSPS) is 15.2. The van der Waals surface area contributed by atoms with Crippen molar-refractivity contribution in [2.45, 2.75) is 58.3 Å². The van der Waals surface area contributed by atoms with Gasteiger partial charge in [-0.1, -0.05) is 13.8 Å². The number of ether oxygens (including phenoxy) is 1. The zero-order valence-corrected chi connectivity index (χ0v) is 31.6. The molecule has 4 aromatic rings. The maximum Gasteiger partial charge on any atom is 0.338 e. The first-order chi connectivity index (χ1) is 24.3. The zero-order chi connectivity index (χ0) is 36.9. The van der Waals surface area contributed by atoms with Crippen molar-refractivity contribution in [1.82, 2.24) is 19.1 Å². The molecule has 2 aromatic heterocycles. The molecule has 0 saturated heterocycles. The van der Waals surface area contributed by atoms with Crippen LogP contribution >= 0.6 is 0 Å². The van der Waals surface area contributed by atoms with Gasteiger partial charge in [0.2, 0.25) is 11.8 Å². The summed E-state index contributed by atoms with van der Waals surface area (Å²) in [6, 6.07) is 7.11. The van der Waals surface area contributed by atoms with Gasteiger partial charge >= 0.3 is 11.9 Å². The van der Waals surface area contributed by atoms with Crippen LogP contribution in [0.1, 0.15) is 78.3 Å². The van der Waals surface area contributed by atoms with Gasteiger partial charge < -0.3 is 33.9 Å². The summed E-state index contributed by atoms with van der Waals surface area (Å²) < 4.78 is 8.79. The van der Waals surface area contributed by atoms with Gasteiger partial charge in [0.1, 0.15) is 11.4 Å². The molecule has 0 unspecified atom stereocenters. The Labute approximate surface area is 313 Å². The number of fused-ring (bicyclic) bond motifs is 2. The van der Waals surface area contributed by atoms with E-state index in [0.29, 0.717) is 35.8 Å². The summed E-state index contributed by atoms with van der Waals surface area (Å²) in [6.45, 7) is 8.57. The number of carboxylic acids is 2. The zero-order valence-electron chi connectivity index (χ0n) is 30.6. The third-order valence-corrected chi connectivity index (χ3v) is 9.22. The molecule has 0 fully saturated rings. The number of nitrogens with zero attached hydrogens (tertiary/aromatic N) is 10. The van der Waals surface area contributed by atoms with Crippen LogP contribution < -0.4 is 14.5 Å². The van der Waals surface area contributed by atoms with Gasteiger partial charge in [-0.05, 0) is 79.8 Å². The Bertz CT molecular complexity index is 1970. The average molecular weight is 758 g/mol. The first-order valence-electron chi connectivity index (χ1n) is 17.0. The number of hydrogen-bond donors (Lipinski definition) is 2.